The first kappa shape index (κ1) is 30.5. The smallest absolute Gasteiger partial charge is 0.195 e. The highest BCUT2D eigenvalue weighted by Crippen LogP contribution is 2.29. The maximum Gasteiger partial charge on any atom is 0.195 e. The highest BCUT2D eigenvalue weighted by molar-refractivity contribution is 6.06. The van der Waals surface area contributed by atoms with Crippen molar-refractivity contribution in [3.8, 4) is 6.07 Å². The van der Waals surface area contributed by atoms with Gasteiger partial charge in [-0.2, -0.15) is 5.26 Å². The molecule has 0 fully saturated rings. The summed E-state index contributed by atoms with van der Waals surface area (Å²) in [5.74, 6) is 2.24. The third-order valence-electron chi connectivity index (χ3n) is 6.89. The number of hydrogen-bond acceptors (Lipinski definition) is 7. The third kappa shape index (κ3) is 8.27. The van der Waals surface area contributed by atoms with Gasteiger partial charge in [0.25, 0.3) is 0 Å². The molecular weight excluding hydrogens is 528 g/mol. The quantitative estimate of drug-likeness (QED) is 0.101. The molecule has 0 spiro atoms. The molecule has 4 rings (SSSR count). The number of nitriles is 1. The SMILES string of the molecule is CCCCc1nc2c(N)nc3ccccc3c2n1CCCCN=C(NCCOCCC(C)=O)Nc1cccc(C#N)c1. The minimum Gasteiger partial charge on any atom is -0.382 e. The Balaban J connectivity index is 1.44. The number of ketones is 1. The molecule has 2 aromatic heterocycles. The van der Waals surface area contributed by atoms with E-state index in [0.29, 0.717) is 50.1 Å². The minimum atomic E-state index is 0.110. The van der Waals surface area contributed by atoms with Crippen molar-refractivity contribution in [2.24, 2.45) is 4.99 Å². The molecule has 0 aliphatic carbocycles. The monoisotopic (exact) mass is 568 g/mol. The molecule has 4 aromatic rings. The number of Topliss-reactive ketones (excluding diaryl/α,β-unsaturated/α-hetero) is 1. The molecule has 10 heteroatoms. The van der Waals surface area contributed by atoms with Crippen molar-refractivity contribution < 1.29 is 9.53 Å². The van der Waals surface area contributed by atoms with E-state index in [1.165, 1.54) is 0 Å². The Morgan fingerprint density at radius 3 is 2.79 bits per heavy atom. The number of aliphatic imine (C=N–C) groups is 1. The van der Waals surface area contributed by atoms with Crippen LogP contribution in [0.25, 0.3) is 21.9 Å². The Bertz CT molecular complexity index is 1570. The highest BCUT2D eigenvalue weighted by Gasteiger charge is 2.16. The van der Waals surface area contributed by atoms with Crippen molar-refractivity contribution in [3.05, 3.63) is 59.9 Å². The van der Waals surface area contributed by atoms with Crippen LogP contribution in [-0.2, 0) is 22.5 Å². The van der Waals surface area contributed by atoms with Crippen LogP contribution in [0, 0.1) is 11.3 Å². The summed E-state index contributed by atoms with van der Waals surface area (Å²) in [6.45, 7) is 6.55. The number of ether oxygens (including phenoxy) is 1. The maximum absolute atomic E-state index is 11.1. The van der Waals surface area contributed by atoms with Crippen LogP contribution < -0.4 is 16.4 Å². The fourth-order valence-electron chi connectivity index (χ4n) is 4.75. The van der Waals surface area contributed by atoms with Gasteiger partial charge in [0.05, 0.1) is 35.9 Å². The van der Waals surface area contributed by atoms with Crippen LogP contribution in [0.5, 0.6) is 0 Å². The Morgan fingerprint density at radius 2 is 1.98 bits per heavy atom. The van der Waals surface area contributed by atoms with Crippen molar-refractivity contribution >= 4 is 45.2 Å². The maximum atomic E-state index is 11.1. The van der Waals surface area contributed by atoms with Gasteiger partial charge in [-0.15, -0.1) is 0 Å². The first-order chi connectivity index (χ1) is 20.5. The van der Waals surface area contributed by atoms with Gasteiger partial charge < -0.3 is 25.7 Å². The Hall–Kier alpha value is -4.49. The summed E-state index contributed by atoms with van der Waals surface area (Å²) in [6.07, 6.45) is 5.23. The molecular formula is C32H40N8O2. The largest absolute Gasteiger partial charge is 0.382 e. The number of nitrogen functional groups attached to an aromatic ring is 1. The van der Waals surface area contributed by atoms with E-state index in [0.717, 1.165) is 72.1 Å². The Labute approximate surface area is 247 Å². The van der Waals surface area contributed by atoms with Crippen molar-refractivity contribution in [1.29, 1.82) is 5.26 Å². The number of aryl methyl sites for hydroxylation is 2. The van der Waals surface area contributed by atoms with Gasteiger partial charge in [-0.05, 0) is 50.5 Å². The van der Waals surface area contributed by atoms with Gasteiger partial charge in [0, 0.05) is 43.5 Å². The van der Waals surface area contributed by atoms with Gasteiger partial charge >= 0.3 is 0 Å². The van der Waals surface area contributed by atoms with Crippen LogP contribution in [0.4, 0.5) is 11.5 Å². The number of nitrogens with two attached hydrogens (primary N) is 1. The number of nitrogens with one attached hydrogen (secondary N) is 2. The van der Waals surface area contributed by atoms with Gasteiger partial charge in [-0.3, -0.25) is 9.79 Å². The number of unbranched alkanes of at least 4 members (excludes halogenated alkanes) is 2. The molecule has 220 valence electrons. The molecule has 0 aliphatic heterocycles. The summed E-state index contributed by atoms with van der Waals surface area (Å²) in [4.78, 5) is 25.4. The summed E-state index contributed by atoms with van der Waals surface area (Å²) < 4.78 is 7.87. The predicted molar refractivity (Wildman–Crippen MR) is 168 cm³/mol. The second-order valence-electron chi connectivity index (χ2n) is 10.2. The molecule has 0 saturated carbocycles. The molecule has 0 radical (unpaired) electrons. The van der Waals surface area contributed by atoms with E-state index in [9.17, 15) is 10.1 Å². The van der Waals surface area contributed by atoms with Crippen molar-refractivity contribution in [2.75, 3.05) is 37.4 Å². The van der Waals surface area contributed by atoms with Crippen LogP contribution in [-0.4, -0.2) is 52.6 Å². The number of rotatable bonds is 15. The van der Waals surface area contributed by atoms with Crippen LogP contribution >= 0.6 is 0 Å². The molecule has 0 amide bonds. The summed E-state index contributed by atoms with van der Waals surface area (Å²) in [7, 11) is 0. The minimum absolute atomic E-state index is 0.110. The number of nitrogens with zero attached hydrogens (tertiary/aromatic N) is 5. The van der Waals surface area contributed by atoms with E-state index in [1.807, 2.05) is 30.3 Å². The normalized spacial score (nSPS) is 11.6. The molecule has 4 N–H and O–H groups in total. The third-order valence-corrected chi connectivity index (χ3v) is 6.89. The molecule has 2 aromatic carbocycles. The number of aromatic nitrogens is 3. The molecule has 0 bridgehead atoms. The number of fused-ring (bicyclic) bond motifs is 3. The molecule has 2 heterocycles. The molecule has 10 nitrogen and oxygen atoms in total. The lowest BCUT2D eigenvalue weighted by Gasteiger charge is -2.13. The fraction of sp³-hybridized carbons (Fsp3) is 0.406. The number of hydrogen-bond donors (Lipinski definition) is 3. The lowest BCUT2D eigenvalue weighted by Crippen LogP contribution is -2.33. The Morgan fingerprint density at radius 1 is 1.12 bits per heavy atom. The zero-order valence-electron chi connectivity index (χ0n) is 24.5. The number of guanidine groups is 1. The standard InChI is InChI=1S/C32H40N8O2/c1-3-4-14-28-39-29-30(26-12-5-6-13-27(26)38-31(29)34)40(28)18-8-7-16-35-32(36-17-20-42-19-15-23(2)41)37-25-11-9-10-24(21-25)22-33/h5-6,9-13,21H,3-4,7-8,14-20H2,1-2H3,(H2,34,38)(H2,35,36,37). The van der Waals surface area contributed by atoms with E-state index in [1.54, 1.807) is 19.1 Å². The first-order valence-corrected chi connectivity index (χ1v) is 14.7. The van der Waals surface area contributed by atoms with Crippen LogP contribution in [0.1, 0.15) is 57.3 Å². The van der Waals surface area contributed by atoms with Crippen LogP contribution in [0.2, 0.25) is 0 Å². The zero-order chi connectivity index (χ0) is 29.7. The molecule has 0 unspecified atom stereocenters. The van der Waals surface area contributed by atoms with Gasteiger partial charge in [-0.1, -0.05) is 37.6 Å². The number of benzene rings is 2. The van der Waals surface area contributed by atoms with Gasteiger partial charge in [0.1, 0.15) is 17.1 Å². The highest BCUT2D eigenvalue weighted by atomic mass is 16.5. The van der Waals surface area contributed by atoms with E-state index in [-0.39, 0.29) is 5.78 Å². The number of imidazole rings is 1. The summed E-state index contributed by atoms with van der Waals surface area (Å²) in [5, 5.41) is 16.9. The predicted octanol–water partition coefficient (Wildman–Crippen LogP) is 5.21. The zero-order valence-corrected chi connectivity index (χ0v) is 24.5. The lowest BCUT2D eigenvalue weighted by atomic mass is 10.2. The molecule has 0 aliphatic rings. The second-order valence-corrected chi connectivity index (χ2v) is 10.2. The van der Waals surface area contributed by atoms with E-state index in [4.69, 9.17) is 20.4 Å². The fourth-order valence-corrected chi connectivity index (χ4v) is 4.75. The number of pyridine rings is 1. The van der Waals surface area contributed by atoms with E-state index in [2.05, 4.69) is 39.2 Å². The van der Waals surface area contributed by atoms with Crippen LogP contribution in [0.3, 0.4) is 0 Å². The molecule has 0 atom stereocenters. The second kappa shape index (κ2) is 15.5. The van der Waals surface area contributed by atoms with Gasteiger partial charge in [0.15, 0.2) is 11.8 Å². The summed E-state index contributed by atoms with van der Waals surface area (Å²) >= 11 is 0. The summed E-state index contributed by atoms with van der Waals surface area (Å²) in [6, 6.07) is 17.5. The van der Waals surface area contributed by atoms with Crippen LogP contribution in [0.15, 0.2) is 53.5 Å². The lowest BCUT2D eigenvalue weighted by molar-refractivity contribution is -0.118. The number of carbonyl (C=O) groups is 1. The van der Waals surface area contributed by atoms with Crippen molar-refractivity contribution in [2.45, 2.75) is 58.9 Å². The van der Waals surface area contributed by atoms with Crippen molar-refractivity contribution in [3.63, 3.8) is 0 Å². The summed E-state index contributed by atoms with van der Waals surface area (Å²) in [5.41, 5.74) is 10.4. The van der Waals surface area contributed by atoms with E-state index < -0.39 is 0 Å². The van der Waals surface area contributed by atoms with Gasteiger partial charge in [-0.25, -0.2) is 9.97 Å². The Kier molecular flexibility index (Phi) is 11.2. The first-order valence-electron chi connectivity index (χ1n) is 14.7. The average Bonchev–Trinajstić information content (AvgIpc) is 3.36. The van der Waals surface area contributed by atoms with Crippen molar-refractivity contribution in [1.82, 2.24) is 19.9 Å². The van der Waals surface area contributed by atoms with E-state index >= 15 is 0 Å². The average molecular weight is 569 g/mol. The topological polar surface area (TPSA) is 143 Å². The number of anilines is 2. The number of para-hydroxylation sites is 1. The van der Waals surface area contributed by atoms with Gasteiger partial charge in [0.2, 0.25) is 0 Å². The molecule has 0 saturated heterocycles. The molecule has 42 heavy (non-hydrogen) atoms. The number of carbonyl (C=O) groups excluding carboxylic acids is 1.